The molecular weight excluding hydrogens is 260 g/mol. The van der Waals surface area contributed by atoms with Gasteiger partial charge in [-0.05, 0) is 24.8 Å². The zero-order valence-electron chi connectivity index (χ0n) is 10.8. The van der Waals surface area contributed by atoms with Crippen molar-refractivity contribution in [3.8, 4) is 0 Å². The van der Waals surface area contributed by atoms with Gasteiger partial charge in [-0.3, -0.25) is 9.78 Å². The summed E-state index contributed by atoms with van der Waals surface area (Å²) in [5, 5.41) is 0.877. The van der Waals surface area contributed by atoms with Gasteiger partial charge in [0.1, 0.15) is 10.9 Å². The SMILES string of the molecule is COC(=O)C(c1nc2cnccc2s1)C1CCCC1. The number of hydrogen-bond acceptors (Lipinski definition) is 5. The topological polar surface area (TPSA) is 52.1 Å². The number of ether oxygens (including phenoxy) is 1. The number of aromatic nitrogens is 2. The Hall–Kier alpha value is -1.49. The summed E-state index contributed by atoms with van der Waals surface area (Å²) in [4.78, 5) is 20.8. The van der Waals surface area contributed by atoms with Gasteiger partial charge in [-0.25, -0.2) is 4.98 Å². The van der Waals surface area contributed by atoms with Crippen LogP contribution >= 0.6 is 11.3 Å². The van der Waals surface area contributed by atoms with Crippen LogP contribution in [0.4, 0.5) is 0 Å². The Morgan fingerprint density at radius 2 is 2.26 bits per heavy atom. The molecule has 3 rings (SSSR count). The highest BCUT2D eigenvalue weighted by molar-refractivity contribution is 7.18. The van der Waals surface area contributed by atoms with Gasteiger partial charge in [0.2, 0.25) is 0 Å². The van der Waals surface area contributed by atoms with E-state index in [-0.39, 0.29) is 11.9 Å². The van der Waals surface area contributed by atoms with Gasteiger partial charge in [0.25, 0.3) is 0 Å². The minimum absolute atomic E-state index is 0.154. The Morgan fingerprint density at radius 1 is 1.47 bits per heavy atom. The summed E-state index contributed by atoms with van der Waals surface area (Å²) in [6, 6.07) is 1.94. The van der Waals surface area contributed by atoms with Crippen LogP contribution in [0, 0.1) is 5.92 Å². The fraction of sp³-hybridized carbons (Fsp3) is 0.500. The molecule has 0 radical (unpaired) electrons. The average molecular weight is 276 g/mol. The Balaban J connectivity index is 2.00. The van der Waals surface area contributed by atoms with E-state index in [0.717, 1.165) is 28.1 Å². The van der Waals surface area contributed by atoms with Gasteiger partial charge in [-0.1, -0.05) is 12.8 Å². The van der Waals surface area contributed by atoms with Crippen LogP contribution in [0.15, 0.2) is 18.5 Å². The minimum atomic E-state index is -0.204. The molecule has 100 valence electrons. The minimum Gasteiger partial charge on any atom is -0.468 e. The highest BCUT2D eigenvalue weighted by Crippen LogP contribution is 2.40. The summed E-state index contributed by atoms with van der Waals surface area (Å²) in [6.45, 7) is 0. The maximum atomic E-state index is 12.1. The molecule has 0 saturated heterocycles. The second-order valence-electron chi connectivity index (χ2n) is 4.94. The van der Waals surface area contributed by atoms with Crippen molar-refractivity contribution in [2.45, 2.75) is 31.6 Å². The van der Waals surface area contributed by atoms with Crippen molar-refractivity contribution >= 4 is 27.5 Å². The lowest BCUT2D eigenvalue weighted by atomic mass is 9.91. The monoisotopic (exact) mass is 276 g/mol. The van der Waals surface area contributed by atoms with Crippen LogP contribution in [0.3, 0.4) is 0 Å². The molecule has 4 nitrogen and oxygen atoms in total. The molecular formula is C14H16N2O2S. The van der Waals surface area contributed by atoms with Crippen molar-refractivity contribution in [3.63, 3.8) is 0 Å². The molecule has 1 atom stereocenters. The first-order valence-electron chi connectivity index (χ1n) is 6.58. The van der Waals surface area contributed by atoms with Crippen molar-refractivity contribution in [3.05, 3.63) is 23.5 Å². The molecule has 0 amide bonds. The summed E-state index contributed by atoms with van der Waals surface area (Å²) in [5.74, 6) is 0.0183. The second-order valence-corrected chi connectivity index (χ2v) is 6.00. The molecule has 0 aromatic carbocycles. The van der Waals surface area contributed by atoms with Crippen LogP contribution in [0.1, 0.15) is 36.6 Å². The average Bonchev–Trinajstić information content (AvgIpc) is 3.07. The molecule has 2 heterocycles. The van der Waals surface area contributed by atoms with E-state index in [4.69, 9.17) is 4.74 Å². The number of hydrogen-bond donors (Lipinski definition) is 0. The predicted molar refractivity (Wildman–Crippen MR) is 74.1 cm³/mol. The molecule has 5 heteroatoms. The molecule has 1 saturated carbocycles. The highest BCUT2D eigenvalue weighted by Gasteiger charge is 2.35. The van der Waals surface area contributed by atoms with Crippen LogP contribution in [0.25, 0.3) is 10.2 Å². The van der Waals surface area contributed by atoms with Crippen LogP contribution in [-0.4, -0.2) is 23.0 Å². The van der Waals surface area contributed by atoms with E-state index in [1.54, 1.807) is 23.7 Å². The van der Waals surface area contributed by atoms with E-state index in [1.807, 2.05) is 6.07 Å². The summed E-state index contributed by atoms with van der Waals surface area (Å²) >= 11 is 1.58. The smallest absolute Gasteiger partial charge is 0.315 e. The van der Waals surface area contributed by atoms with Crippen LogP contribution in [0.2, 0.25) is 0 Å². The van der Waals surface area contributed by atoms with Crippen molar-refractivity contribution in [2.75, 3.05) is 7.11 Å². The van der Waals surface area contributed by atoms with E-state index in [2.05, 4.69) is 9.97 Å². The molecule has 1 aliphatic carbocycles. The predicted octanol–water partition coefficient (Wildman–Crippen LogP) is 3.14. The van der Waals surface area contributed by atoms with Gasteiger partial charge >= 0.3 is 5.97 Å². The number of nitrogens with zero attached hydrogens (tertiary/aromatic N) is 2. The molecule has 0 N–H and O–H groups in total. The van der Waals surface area contributed by atoms with E-state index in [1.165, 1.54) is 20.0 Å². The fourth-order valence-electron chi connectivity index (χ4n) is 2.84. The quantitative estimate of drug-likeness (QED) is 0.808. The van der Waals surface area contributed by atoms with E-state index in [0.29, 0.717) is 5.92 Å². The molecule has 0 spiro atoms. The van der Waals surface area contributed by atoms with Crippen molar-refractivity contribution in [1.82, 2.24) is 9.97 Å². The third-order valence-corrected chi connectivity index (χ3v) is 4.92. The number of pyridine rings is 1. The third kappa shape index (κ3) is 2.34. The molecule has 0 bridgehead atoms. The molecule has 19 heavy (non-hydrogen) atoms. The largest absolute Gasteiger partial charge is 0.468 e. The van der Waals surface area contributed by atoms with Gasteiger partial charge < -0.3 is 4.74 Å². The Bertz CT molecular complexity index is 557. The lowest BCUT2D eigenvalue weighted by Gasteiger charge is -2.18. The Morgan fingerprint density at radius 3 is 2.95 bits per heavy atom. The number of fused-ring (bicyclic) bond motifs is 1. The molecule has 2 aromatic rings. The van der Waals surface area contributed by atoms with E-state index >= 15 is 0 Å². The maximum Gasteiger partial charge on any atom is 0.315 e. The van der Waals surface area contributed by atoms with Crippen molar-refractivity contribution < 1.29 is 9.53 Å². The number of methoxy groups -OCH3 is 1. The van der Waals surface area contributed by atoms with E-state index < -0.39 is 0 Å². The first-order chi connectivity index (χ1) is 9.29. The van der Waals surface area contributed by atoms with Crippen LogP contribution in [-0.2, 0) is 9.53 Å². The zero-order chi connectivity index (χ0) is 13.2. The van der Waals surface area contributed by atoms with Crippen molar-refractivity contribution in [2.24, 2.45) is 5.92 Å². The van der Waals surface area contributed by atoms with E-state index in [9.17, 15) is 4.79 Å². The lowest BCUT2D eigenvalue weighted by Crippen LogP contribution is -2.21. The number of carbonyl (C=O) groups is 1. The number of carbonyl (C=O) groups excluding carboxylic acids is 1. The molecule has 0 aliphatic heterocycles. The molecule has 1 unspecified atom stereocenters. The summed E-state index contributed by atoms with van der Waals surface area (Å²) in [7, 11) is 1.46. The van der Waals surface area contributed by atoms with Gasteiger partial charge in [0, 0.05) is 6.20 Å². The van der Waals surface area contributed by atoms with Gasteiger partial charge in [-0.15, -0.1) is 11.3 Å². The highest BCUT2D eigenvalue weighted by atomic mass is 32.1. The first-order valence-corrected chi connectivity index (χ1v) is 7.39. The van der Waals surface area contributed by atoms with Gasteiger partial charge in [0.15, 0.2) is 0 Å². The summed E-state index contributed by atoms with van der Waals surface area (Å²) < 4.78 is 6.07. The normalized spacial score (nSPS) is 17.7. The van der Waals surface area contributed by atoms with Crippen LogP contribution in [0.5, 0.6) is 0 Å². The summed E-state index contributed by atoms with van der Waals surface area (Å²) in [6.07, 6.45) is 8.09. The number of rotatable bonds is 3. The lowest BCUT2D eigenvalue weighted by molar-refractivity contribution is -0.143. The maximum absolute atomic E-state index is 12.1. The molecule has 1 aliphatic rings. The standard InChI is InChI=1S/C14H16N2O2S/c1-18-14(17)12(9-4-2-3-5-9)13-16-10-8-15-7-6-11(10)19-13/h6-9,12H,2-5H2,1H3. The Kier molecular flexibility index (Phi) is 3.46. The first kappa shape index (κ1) is 12.5. The Labute approximate surface area is 115 Å². The van der Waals surface area contributed by atoms with Crippen LogP contribution < -0.4 is 0 Å². The second kappa shape index (κ2) is 5.25. The third-order valence-electron chi connectivity index (χ3n) is 3.80. The molecule has 1 fully saturated rings. The fourth-order valence-corrected chi connectivity index (χ4v) is 3.96. The number of esters is 1. The van der Waals surface area contributed by atoms with Gasteiger partial charge in [-0.2, -0.15) is 0 Å². The summed E-state index contributed by atoms with van der Waals surface area (Å²) in [5.41, 5.74) is 0.870. The van der Waals surface area contributed by atoms with Crippen molar-refractivity contribution in [1.29, 1.82) is 0 Å². The number of thiazole rings is 1. The van der Waals surface area contributed by atoms with Gasteiger partial charge in [0.05, 0.1) is 23.5 Å². The zero-order valence-corrected chi connectivity index (χ0v) is 11.7. The molecule has 2 aromatic heterocycles.